The van der Waals surface area contributed by atoms with Crippen LogP contribution in [0.4, 0.5) is 11.4 Å². The average molecular weight is 481 g/mol. The predicted octanol–water partition coefficient (Wildman–Crippen LogP) is 3.43. The molecule has 1 saturated heterocycles. The molecule has 168 valence electrons. The molecular formula is C23H20N4O4S2. The van der Waals surface area contributed by atoms with E-state index in [0.29, 0.717) is 22.0 Å². The molecule has 2 aromatic carbocycles. The zero-order chi connectivity index (χ0) is 23.4. The monoisotopic (exact) mass is 480 g/mol. The minimum absolute atomic E-state index is 0.0765. The molecule has 33 heavy (non-hydrogen) atoms. The summed E-state index contributed by atoms with van der Waals surface area (Å²) in [6, 6.07) is 18.1. The van der Waals surface area contributed by atoms with Gasteiger partial charge in [0, 0.05) is 5.69 Å². The minimum Gasteiger partial charge on any atom is -0.497 e. The number of carbonyl (C=O) groups is 3. The lowest BCUT2D eigenvalue weighted by Gasteiger charge is -2.24. The fourth-order valence-corrected chi connectivity index (χ4v) is 4.33. The quantitative estimate of drug-likeness (QED) is 0.504. The van der Waals surface area contributed by atoms with E-state index in [9.17, 15) is 14.4 Å². The van der Waals surface area contributed by atoms with Gasteiger partial charge in [0.15, 0.2) is 0 Å². The molecule has 2 heterocycles. The lowest BCUT2D eigenvalue weighted by Crippen LogP contribution is -2.49. The molecule has 1 atom stereocenters. The van der Waals surface area contributed by atoms with Gasteiger partial charge in [-0.3, -0.25) is 24.7 Å². The van der Waals surface area contributed by atoms with Gasteiger partial charge in [0.1, 0.15) is 11.8 Å². The first-order valence-electron chi connectivity index (χ1n) is 9.98. The number of methoxy groups -OCH3 is 1. The van der Waals surface area contributed by atoms with Crippen LogP contribution in [0.1, 0.15) is 16.1 Å². The second-order valence-corrected chi connectivity index (χ2v) is 8.39. The molecule has 10 heteroatoms. The third-order valence-electron chi connectivity index (χ3n) is 4.95. The number of carbonyl (C=O) groups excluding carboxylic acids is 3. The van der Waals surface area contributed by atoms with Crippen LogP contribution in [-0.2, 0) is 9.59 Å². The van der Waals surface area contributed by atoms with Crippen molar-refractivity contribution in [1.29, 1.82) is 0 Å². The first kappa shape index (κ1) is 22.4. The van der Waals surface area contributed by atoms with Crippen LogP contribution in [0, 0.1) is 0 Å². The summed E-state index contributed by atoms with van der Waals surface area (Å²) in [5.41, 5.74) is 3.81. The molecule has 4 rings (SSSR count). The highest BCUT2D eigenvalue weighted by Crippen LogP contribution is 2.28. The van der Waals surface area contributed by atoms with Crippen LogP contribution in [0.3, 0.4) is 0 Å². The van der Waals surface area contributed by atoms with E-state index < -0.39 is 17.9 Å². The molecule has 0 radical (unpaired) electrons. The average Bonchev–Trinajstić information content (AvgIpc) is 3.44. The van der Waals surface area contributed by atoms with E-state index in [4.69, 9.17) is 17.0 Å². The molecule has 3 aromatic rings. The number of hydrazine groups is 1. The number of thiocarbonyl (C=S) groups is 1. The van der Waals surface area contributed by atoms with Crippen LogP contribution >= 0.6 is 23.6 Å². The summed E-state index contributed by atoms with van der Waals surface area (Å²) in [6.07, 6.45) is -0.203. The third kappa shape index (κ3) is 4.86. The highest BCUT2D eigenvalue weighted by atomic mass is 32.1. The smallest absolute Gasteiger partial charge is 0.279 e. The summed E-state index contributed by atoms with van der Waals surface area (Å²) < 4.78 is 5.18. The lowest BCUT2D eigenvalue weighted by molar-refractivity contribution is -0.124. The number of rotatable bonds is 7. The van der Waals surface area contributed by atoms with Gasteiger partial charge in [-0.05, 0) is 60.1 Å². The fourth-order valence-electron chi connectivity index (χ4n) is 3.35. The first-order valence-corrected chi connectivity index (χ1v) is 11.3. The van der Waals surface area contributed by atoms with E-state index in [1.807, 2.05) is 6.07 Å². The maximum absolute atomic E-state index is 13.4. The van der Waals surface area contributed by atoms with E-state index >= 15 is 0 Å². The number of nitrogens with zero attached hydrogens (tertiary/aromatic N) is 2. The summed E-state index contributed by atoms with van der Waals surface area (Å²) in [4.78, 5) is 40.6. The van der Waals surface area contributed by atoms with Gasteiger partial charge < -0.3 is 10.1 Å². The van der Waals surface area contributed by atoms with Crippen molar-refractivity contribution in [2.75, 3.05) is 17.3 Å². The van der Waals surface area contributed by atoms with Gasteiger partial charge in [0.25, 0.3) is 11.8 Å². The van der Waals surface area contributed by atoms with Crippen LogP contribution < -0.4 is 20.4 Å². The van der Waals surface area contributed by atoms with E-state index in [2.05, 4.69) is 10.7 Å². The van der Waals surface area contributed by atoms with Crippen molar-refractivity contribution in [1.82, 2.24) is 10.4 Å². The summed E-state index contributed by atoms with van der Waals surface area (Å²) in [6.45, 7) is 0. The number of anilines is 2. The predicted molar refractivity (Wildman–Crippen MR) is 130 cm³/mol. The standard InChI is InChI=1S/C23H20N4O4S2/c1-31-17-11-9-16(10-12-17)26-22(30)18(14-20(28)24-15-6-3-2-4-7-15)27(23(26)32)25-21(29)19-8-5-13-33-19/h2-13,18H,14H2,1H3,(H,24,28)(H,25,29). The summed E-state index contributed by atoms with van der Waals surface area (Å²) in [5, 5.41) is 5.91. The molecular weight excluding hydrogens is 460 g/mol. The Morgan fingerprint density at radius 3 is 2.42 bits per heavy atom. The number of para-hydroxylation sites is 1. The molecule has 2 N–H and O–H groups in total. The summed E-state index contributed by atoms with van der Waals surface area (Å²) in [5.74, 6) is -0.586. The van der Waals surface area contributed by atoms with Crippen LogP contribution in [0.2, 0.25) is 0 Å². The van der Waals surface area contributed by atoms with Crippen molar-refractivity contribution in [3.05, 3.63) is 77.0 Å². The van der Waals surface area contributed by atoms with Gasteiger partial charge in [0.05, 0.1) is 24.1 Å². The number of amides is 3. The minimum atomic E-state index is -1.01. The normalized spacial score (nSPS) is 15.5. The lowest BCUT2D eigenvalue weighted by atomic mass is 10.1. The molecule has 0 bridgehead atoms. The number of ether oxygens (including phenoxy) is 1. The van der Waals surface area contributed by atoms with Gasteiger partial charge in [-0.1, -0.05) is 24.3 Å². The second-order valence-electron chi connectivity index (χ2n) is 7.08. The van der Waals surface area contributed by atoms with Crippen molar-refractivity contribution < 1.29 is 19.1 Å². The molecule has 3 amide bonds. The van der Waals surface area contributed by atoms with Gasteiger partial charge >= 0.3 is 0 Å². The van der Waals surface area contributed by atoms with Crippen molar-refractivity contribution >= 4 is 57.8 Å². The molecule has 1 fully saturated rings. The zero-order valence-electron chi connectivity index (χ0n) is 17.6. The Morgan fingerprint density at radius 1 is 1.06 bits per heavy atom. The number of thiophene rings is 1. The van der Waals surface area contributed by atoms with E-state index in [1.165, 1.54) is 21.2 Å². The Morgan fingerprint density at radius 2 is 1.79 bits per heavy atom. The maximum atomic E-state index is 13.4. The van der Waals surface area contributed by atoms with Gasteiger partial charge in [-0.15, -0.1) is 11.3 Å². The number of nitrogens with one attached hydrogen (secondary N) is 2. The highest BCUT2D eigenvalue weighted by Gasteiger charge is 2.45. The van der Waals surface area contributed by atoms with E-state index in [-0.39, 0.29) is 17.4 Å². The number of benzene rings is 2. The third-order valence-corrected chi connectivity index (χ3v) is 6.20. The fraction of sp³-hybridized carbons (Fsp3) is 0.130. The largest absolute Gasteiger partial charge is 0.497 e. The Hall–Kier alpha value is -3.76. The first-order chi connectivity index (χ1) is 16.0. The maximum Gasteiger partial charge on any atom is 0.279 e. The van der Waals surface area contributed by atoms with Crippen molar-refractivity contribution in [2.45, 2.75) is 12.5 Å². The van der Waals surface area contributed by atoms with Crippen molar-refractivity contribution in [3.63, 3.8) is 0 Å². The molecule has 1 aromatic heterocycles. The highest BCUT2D eigenvalue weighted by molar-refractivity contribution is 7.80. The SMILES string of the molecule is COc1ccc(N2C(=O)C(CC(=O)Nc3ccccc3)N(NC(=O)c3cccs3)C2=S)cc1. The summed E-state index contributed by atoms with van der Waals surface area (Å²) in [7, 11) is 1.55. The summed E-state index contributed by atoms with van der Waals surface area (Å²) >= 11 is 6.81. The van der Waals surface area contributed by atoms with E-state index in [1.54, 1.807) is 73.2 Å². The topological polar surface area (TPSA) is 91.0 Å². The van der Waals surface area contributed by atoms with E-state index in [0.717, 1.165) is 0 Å². The molecule has 8 nitrogen and oxygen atoms in total. The molecule has 0 aliphatic carbocycles. The molecule has 1 unspecified atom stereocenters. The Labute approximate surface area is 199 Å². The number of hydrogen-bond donors (Lipinski definition) is 2. The van der Waals surface area contributed by atoms with Gasteiger partial charge in [0.2, 0.25) is 11.0 Å². The molecule has 1 aliphatic rings. The van der Waals surface area contributed by atoms with Crippen molar-refractivity contribution in [2.24, 2.45) is 0 Å². The van der Waals surface area contributed by atoms with Crippen molar-refractivity contribution in [3.8, 4) is 5.75 Å². The number of hydrogen-bond acceptors (Lipinski definition) is 6. The molecule has 1 aliphatic heterocycles. The Bertz CT molecular complexity index is 1170. The van der Waals surface area contributed by atoms with Crippen LogP contribution in [0.15, 0.2) is 72.1 Å². The molecule has 0 spiro atoms. The zero-order valence-corrected chi connectivity index (χ0v) is 19.2. The van der Waals surface area contributed by atoms with Gasteiger partial charge in [-0.25, -0.2) is 5.01 Å². The van der Waals surface area contributed by atoms with Crippen LogP contribution in [0.25, 0.3) is 0 Å². The van der Waals surface area contributed by atoms with Gasteiger partial charge in [-0.2, -0.15) is 0 Å². The second kappa shape index (κ2) is 9.80. The van der Waals surface area contributed by atoms with Crippen LogP contribution in [-0.4, -0.2) is 41.0 Å². The molecule has 0 saturated carbocycles. The van der Waals surface area contributed by atoms with Crippen LogP contribution in [0.5, 0.6) is 5.75 Å². The Balaban J connectivity index is 1.59. The Kier molecular flexibility index (Phi) is 6.66.